The van der Waals surface area contributed by atoms with Crippen molar-refractivity contribution in [3.63, 3.8) is 0 Å². The largest absolute Gasteiger partial charge is 0.368 e. The molecule has 0 saturated carbocycles. The minimum Gasteiger partial charge on any atom is -0.368 e. The van der Waals surface area contributed by atoms with Gasteiger partial charge in [-0.3, -0.25) is 4.79 Å². The van der Waals surface area contributed by atoms with Crippen molar-refractivity contribution in [3.8, 4) is 0 Å². The highest BCUT2D eigenvalue weighted by molar-refractivity contribution is 9.10. The second-order valence-electron chi connectivity index (χ2n) is 5.20. The summed E-state index contributed by atoms with van der Waals surface area (Å²) in [6.07, 6.45) is 1.42. The molecule has 2 N–H and O–H groups in total. The lowest BCUT2D eigenvalue weighted by Gasteiger charge is -2.35. The highest BCUT2D eigenvalue weighted by Gasteiger charge is 2.40. The van der Waals surface area contributed by atoms with E-state index in [0.717, 1.165) is 23.1 Å². The third-order valence-corrected chi connectivity index (χ3v) is 4.46. The summed E-state index contributed by atoms with van der Waals surface area (Å²) in [5.74, 6) is -0.0167. The Kier molecular flexibility index (Phi) is 5.18. The summed E-state index contributed by atoms with van der Waals surface area (Å²) in [5, 5.41) is 6.32. The predicted molar refractivity (Wildman–Crippen MR) is 82.5 cm³/mol. The molecule has 2 rings (SSSR count). The molecule has 0 bridgehead atoms. The zero-order chi connectivity index (χ0) is 14.6. The fraction of sp³-hybridized carbons (Fsp3) is 0.533. The first-order chi connectivity index (χ1) is 9.57. The summed E-state index contributed by atoms with van der Waals surface area (Å²) in [7, 11) is 1.62. The van der Waals surface area contributed by atoms with Gasteiger partial charge in [-0.05, 0) is 50.6 Å². The second-order valence-corrected chi connectivity index (χ2v) is 6.11. The minimum absolute atomic E-state index is 0.0167. The van der Waals surface area contributed by atoms with Gasteiger partial charge in [-0.1, -0.05) is 28.1 Å². The number of hydrogen-bond acceptors (Lipinski definition) is 3. The van der Waals surface area contributed by atoms with Gasteiger partial charge in [0.05, 0.1) is 6.04 Å². The molecule has 1 heterocycles. The van der Waals surface area contributed by atoms with Crippen molar-refractivity contribution in [2.75, 3.05) is 20.2 Å². The molecule has 1 fully saturated rings. The first-order valence-corrected chi connectivity index (χ1v) is 7.69. The number of carbonyl (C=O) groups is 1. The molecule has 0 radical (unpaired) electrons. The van der Waals surface area contributed by atoms with Crippen LogP contribution in [0.3, 0.4) is 0 Å². The lowest BCUT2D eigenvalue weighted by molar-refractivity contribution is -0.147. The lowest BCUT2D eigenvalue weighted by atomic mass is 9.90. The Labute approximate surface area is 128 Å². The fourth-order valence-corrected chi connectivity index (χ4v) is 2.78. The Hall–Kier alpha value is -0.910. The van der Waals surface area contributed by atoms with Gasteiger partial charge in [-0.2, -0.15) is 0 Å². The van der Waals surface area contributed by atoms with E-state index >= 15 is 0 Å². The zero-order valence-electron chi connectivity index (χ0n) is 11.9. The molecular weight excluding hydrogens is 320 g/mol. The van der Waals surface area contributed by atoms with E-state index in [0.29, 0.717) is 12.8 Å². The normalized spacial score (nSPS) is 19.4. The summed E-state index contributed by atoms with van der Waals surface area (Å²) in [5.41, 5.74) is 0.399. The number of ether oxygens (including phenoxy) is 1. The van der Waals surface area contributed by atoms with Crippen molar-refractivity contribution in [3.05, 3.63) is 34.3 Å². The third kappa shape index (κ3) is 3.40. The van der Waals surface area contributed by atoms with Crippen LogP contribution < -0.4 is 10.6 Å². The molecule has 4 nitrogen and oxygen atoms in total. The maximum atomic E-state index is 12.5. The summed E-state index contributed by atoms with van der Waals surface area (Å²) < 4.78 is 6.57. The Bertz CT molecular complexity index is 455. The Balaban J connectivity index is 2.04. The average molecular weight is 341 g/mol. The Morgan fingerprint density at radius 1 is 1.35 bits per heavy atom. The van der Waals surface area contributed by atoms with E-state index in [1.807, 2.05) is 31.2 Å². The van der Waals surface area contributed by atoms with E-state index in [9.17, 15) is 4.79 Å². The van der Waals surface area contributed by atoms with E-state index < -0.39 is 5.60 Å². The zero-order valence-corrected chi connectivity index (χ0v) is 13.5. The molecule has 1 aliphatic rings. The second kappa shape index (κ2) is 6.70. The first-order valence-electron chi connectivity index (χ1n) is 6.90. The molecule has 5 heteroatoms. The Morgan fingerprint density at radius 3 is 2.50 bits per heavy atom. The quantitative estimate of drug-likeness (QED) is 0.884. The SMILES string of the molecule is COC1(C(=O)NC(C)c2ccc(Br)cc2)CCNCC1. The number of halogens is 1. The van der Waals surface area contributed by atoms with Gasteiger partial charge in [0.2, 0.25) is 0 Å². The van der Waals surface area contributed by atoms with Crippen LogP contribution in [-0.4, -0.2) is 31.7 Å². The molecular formula is C15H21BrN2O2. The van der Waals surface area contributed by atoms with E-state index in [1.165, 1.54) is 0 Å². The van der Waals surface area contributed by atoms with Gasteiger partial charge in [0.15, 0.2) is 0 Å². The number of carbonyl (C=O) groups excluding carboxylic acids is 1. The molecule has 1 atom stereocenters. The highest BCUT2D eigenvalue weighted by atomic mass is 79.9. The highest BCUT2D eigenvalue weighted by Crippen LogP contribution is 2.24. The van der Waals surface area contributed by atoms with Gasteiger partial charge in [-0.15, -0.1) is 0 Å². The van der Waals surface area contributed by atoms with Crippen LogP contribution in [-0.2, 0) is 9.53 Å². The van der Waals surface area contributed by atoms with E-state index in [1.54, 1.807) is 7.11 Å². The minimum atomic E-state index is -0.686. The number of hydrogen-bond donors (Lipinski definition) is 2. The van der Waals surface area contributed by atoms with Crippen LogP contribution in [0.4, 0.5) is 0 Å². The molecule has 110 valence electrons. The van der Waals surface area contributed by atoms with Gasteiger partial charge in [0.25, 0.3) is 5.91 Å². The molecule has 1 amide bonds. The standard InChI is InChI=1S/C15H21BrN2O2/c1-11(12-3-5-13(16)6-4-12)18-14(19)15(20-2)7-9-17-10-8-15/h3-6,11,17H,7-10H2,1-2H3,(H,18,19). The van der Waals surface area contributed by atoms with Gasteiger partial charge in [0, 0.05) is 11.6 Å². The van der Waals surface area contributed by atoms with E-state index in [2.05, 4.69) is 26.6 Å². The molecule has 0 spiro atoms. The number of piperidine rings is 1. The van der Waals surface area contributed by atoms with E-state index in [-0.39, 0.29) is 11.9 Å². The molecule has 1 saturated heterocycles. The van der Waals surface area contributed by atoms with Gasteiger partial charge < -0.3 is 15.4 Å². The number of nitrogens with one attached hydrogen (secondary N) is 2. The van der Waals surface area contributed by atoms with Crippen molar-refractivity contribution in [2.45, 2.75) is 31.4 Å². The van der Waals surface area contributed by atoms with Crippen LogP contribution in [0.25, 0.3) is 0 Å². The molecule has 0 aromatic heterocycles. The average Bonchev–Trinajstić information content (AvgIpc) is 2.48. The summed E-state index contributed by atoms with van der Waals surface area (Å²) >= 11 is 3.41. The Morgan fingerprint density at radius 2 is 1.95 bits per heavy atom. The molecule has 1 unspecified atom stereocenters. The van der Waals surface area contributed by atoms with Crippen LogP contribution in [0.1, 0.15) is 31.4 Å². The third-order valence-electron chi connectivity index (χ3n) is 3.93. The van der Waals surface area contributed by atoms with Crippen molar-refractivity contribution < 1.29 is 9.53 Å². The molecule has 1 aliphatic heterocycles. The molecule has 1 aromatic carbocycles. The number of rotatable bonds is 4. The smallest absolute Gasteiger partial charge is 0.252 e. The summed E-state index contributed by atoms with van der Waals surface area (Å²) in [4.78, 5) is 12.5. The summed E-state index contributed by atoms with van der Waals surface area (Å²) in [6.45, 7) is 3.62. The topological polar surface area (TPSA) is 50.4 Å². The number of methoxy groups -OCH3 is 1. The van der Waals surface area contributed by atoms with Crippen LogP contribution in [0.15, 0.2) is 28.7 Å². The molecule has 20 heavy (non-hydrogen) atoms. The fourth-order valence-electron chi connectivity index (χ4n) is 2.52. The van der Waals surface area contributed by atoms with Crippen molar-refractivity contribution in [1.29, 1.82) is 0 Å². The van der Waals surface area contributed by atoms with Crippen LogP contribution in [0.5, 0.6) is 0 Å². The van der Waals surface area contributed by atoms with Crippen LogP contribution in [0, 0.1) is 0 Å². The lowest BCUT2D eigenvalue weighted by Crippen LogP contribution is -2.54. The maximum absolute atomic E-state index is 12.5. The molecule has 0 aliphatic carbocycles. The maximum Gasteiger partial charge on any atom is 0.252 e. The van der Waals surface area contributed by atoms with Gasteiger partial charge in [-0.25, -0.2) is 0 Å². The van der Waals surface area contributed by atoms with Crippen molar-refractivity contribution in [2.24, 2.45) is 0 Å². The van der Waals surface area contributed by atoms with Gasteiger partial charge >= 0.3 is 0 Å². The first kappa shape index (κ1) is 15.5. The number of benzene rings is 1. The molecule has 1 aromatic rings. The van der Waals surface area contributed by atoms with Crippen LogP contribution >= 0.6 is 15.9 Å². The summed E-state index contributed by atoms with van der Waals surface area (Å²) in [6, 6.07) is 7.95. The van der Waals surface area contributed by atoms with Crippen molar-refractivity contribution in [1.82, 2.24) is 10.6 Å². The predicted octanol–water partition coefficient (Wildman–Crippen LogP) is 2.39. The number of amides is 1. The monoisotopic (exact) mass is 340 g/mol. The van der Waals surface area contributed by atoms with Crippen molar-refractivity contribution >= 4 is 21.8 Å². The van der Waals surface area contributed by atoms with Gasteiger partial charge in [0.1, 0.15) is 5.60 Å². The van der Waals surface area contributed by atoms with E-state index in [4.69, 9.17) is 4.74 Å². The van der Waals surface area contributed by atoms with Crippen LogP contribution in [0.2, 0.25) is 0 Å².